The molecule has 0 saturated carbocycles. The van der Waals surface area contributed by atoms with E-state index in [0.717, 1.165) is 0 Å². The van der Waals surface area contributed by atoms with Gasteiger partial charge in [0.15, 0.2) is 0 Å². The molecule has 3 rings (SSSR count). The Kier molecular flexibility index (Phi) is 4.61. The van der Waals surface area contributed by atoms with Crippen LogP contribution in [0, 0.1) is 5.82 Å². The predicted molar refractivity (Wildman–Crippen MR) is 97.5 cm³/mol. The molecule has 0 radical (unpaired) electrons. The van der Waals surface area contributed by atoms with Crippen molar-refractivity contribution in [2.24, 2.45) is 0 Å². The zero-order valence-electron chi connectivity index (χ0n) is 14.4. The number of aromatic amines is 1. The van der Waals surface area contributed by atoms with Crippen LogP contribution < -0.4 is 10.9 Å². The SMILES string of the molecule is C[C@@H](NC(=O)c1cc2ccc(F)cc2[nH]c1=O)[C@@](C)(O)c1ccccc1. The van der Waals surface area contributed by atoms with Crippen LogP contribution in [-0.4, -0.2) is 22.0 Å². The van der Waals surface area contributed by atoms with Crippen molar-refractivity contribution in [2.75, 3.05) is 0 Å². The fourth-order valence-electron chi connectivity index (χ4n) is 2.78. The van der Waals surface area contributed by atoms with Crippen molar-refractivity contribution in [1.29, 1.82) is 0 Å². The molecule has 6 heteroatoms. The number of H-pyrrole nitrogens is 1. The number of aliphatic hydroxyl groups is 1. The van der Waals surface area contributed by atoms with Crippen molar-refractivity contribution in [2.45, 2.75) is 25.5 Å². The van der Waals surface area contributed by atoms with Gasteiger partial charge in [0.05, 0.1) is 11.6 Å². The summed E-state index contributed by atoms with van der Waals surface area (Å²) in [5, 5.41) is 14.0. The predicted octanol–water partition coefficient (Wildman–Crippen LogP) is 2.69. The second-order valence-corrected chi connectivity index (χ2v) is 6.45. The molecule has 2 atom stereocenters. The molecule has 1 aromatic heterocycles. The van der Waals surface area contributed by atoms with Crippen molar-refractivity contribution in [3.05, 3.63) is 81.9 Å². The highest BCUT2D eigenvalue weighted by Gasteiger charge is 2.32. The minimum absolute atomic E-state index is 0.0974. The Morgan fingerprint density at radius 3 is 2.58 bits per heavy atom. The fourth-order valence-corrected chi connectivity index (χ4v) is 2.78. The minimum Gasteiger partial charge on any atom is -0.383 e. The van der Waals surface area contributed by atoms with E-state index >= 15 is 0 Å². The number of hydrogen-bond acceptors (Lipinski definition) is 3. The lowest BCUT2D eigenvalue weighted by Gasteiger charge is -2.31. The summed E-state index contributed by atoms with van der Waals surface area (Å²) in [6.07, 6.45) is 0. The molecule has 3 aromatic rings. The molecule has 1 heterocycles. The molecule has 5 nitrogen and oxygen atoms in total. The van der Waals surface area contributed by atoms with E-state index in [1.165, 1.54) is 24.3 Å². The zero-order valence-corrected chi connectivity index (χ0v) is 14.4. The zero-order chi connectivity index (χ0) is 18.9. The lowest BCUT2D eigenvalue weighted by molar-refractivity contribution is 0.0208. The van der Waals surface area contributed by atoms with Gasteiger partial charge in [-0.3, -0.25) is 9.59 Å². The number of fused-ring (bicyclic) bond motifs is 1. The number of hydrogen-bond donors (Lipinski definition) is 3. The van der Waals surface area contributed by atoms with E-state index in [9.17, 15) is 19.1 Å². The first-order valence-corrected chi connectivity index (χ1v) is 8.20. The first-order valence-electron chi connectivity index (χ1n) is 8.20. The van der Waals surface area contributed by atoms with Gasteiger partial charge in [0.1, 0.15) is 17.0 Å². The van der Waals surface area contributed by atoms with Gasteiger partial charge in [0.25, 0.3) is 11.5 Å². The third-order valence-corrected chi connectivity index (χ3v) is 4.60. The smallest absolute Gasteiger partial charge is 0.261 e. The first kappa shape index (κ1) is 17.8. The Bertz CT molecular complexity index is 1010. The van der Waals surface area contributed by atoms with Crippen LogP contribution in [0.2, 0.25) is 0 Å². The summed E-state index contributed by atoms with van der Waals surface area (Å²) in [7, 11) is 0. The van der Waals surface area contributed by atoms with E-state index in [1.54, 1.807) is 38.1 Å². The summed E-state index contributed by atoms with van der Waals surface area (Å²) < 4.78 is 13.3. The summed E-state index contributed by atoms with van der Waals surface area (Å²) in [6, 6.07) is 13.7. The number of aromatic nitrogens is 1. The molecule has 0 bridgehead atoms. The van der Waals surface area contributed by atoms with Gasteiger partial charge in [-0.25, -0.2) is 4.39 Å². The van der Waals surface area contributed by atoms with Gasteiger partial charge in [-0.15, -0.1) is 0 Å². The van der Waals surface area contributed by atoms with E-state index in [2.05, 4.69) is 10.3 Å². The quantitative estimate of drug-likeness (QED) is 0.674. The van der Waals surface area contributed by atoms with Crippen molar-refractivity contribution in [3.63, 3.8) is 0 Å². The Hall–Kier alpha value is -2.99. The first-order chi connectivity index (χ1) is 12.3. The third kappa shape index (κ3) is 3.36. The Morgan fingerprint density at radius 1 is 1.19 bits per heavy atom. The number of benzene rings is 2. The molecule has 3 N–H and O–H groups in total. The van der Waals surface area contributed by atoms with Crippen LogP contribution in [0.1, 0.15) is 29.8 Å². The average molecular weight is 354 g/mol. The largest absolute Gasteiger partial charge is 0.383 e. The lowest BCUT2D eigenvalue weighted by Crippen LogP contribution is -2.48. The van der Waals surface area contributed by atoms with E-state index in [1.807, 2.05) is 6.07 Å². The topological polar surface area (TPSA) is 82.2 Å². The number of amides is 1. The monoisotopic (exact) mass is 354 g/mol. The van der Waals surface area contributed by atoms with Gasteiger partial charge in [-0.1, -0.05) is 30.3 Å². The maximum Gasteiger partial charge on any atom is 0.261 e. The number of pyridine rings is 1. The fraction of sp³-hybridized carbons (Fsp3) is 0.200. The molecule has 1 amide bonds. The average Bonchev–Trinajstić information content (AvgIpc) is 2.61. The summed E-state index contributed by atoms with van der Waals surface area (Å²) >= 11 is 0. The van der Waals surface area contributed by atoms with Crippen LogP contribution in [0.3, 0.4) is 0 Å². The van der Waals surface area contributed by atoms with Gasteiger partial charge in [0, 0.05) is 0 Å². The molecule has 26 heavy (non-hydrogen) atoms. The number of halogens is 1. The van der Waals surface area contributed by atoms with E-state index in [4.69, 9.17) is 0 Å². The molecule has 0 fully saturated rings. The van der Waals surface area contributed by atoms with E-state index in [0.29, 0.717) is 16.5 Å². The third-order valence-electron chi connectivity index (χ3n) is 4.60. The van der Waals surface area contributed by atoms with Gasteiger partial charge in [0.2, 0.25) is 0 Å². The van der Waals surface area contributed by atoms with Crippen molar-refractivity contribution in [1.82, 2.24) is 10.3 Å². The van der Waals surface area contributed by atoms with Crippen LogP contribution in [-0.2, 0) is 5.60 Å². The standard InChI is InChI=1S/C20H19FN2O3/c1-12(20(2,26)14-6-4-3-5-7-14)22-18(24)16-10-13-8-9-15(21)11-17(13)23-19(16)25/h3-12,26H,1-2H3,(H,22,24)(H,23,25)/t12-,20-/m1/s1. The maximum atomic E-state index is 13.3. The summed E-state index contributed by atoms with van der Waals surface area (Å²) in [4.78, 5) is 27.2. The molecule has 0 unspecified atom stereocenters. The van der Waals surface area contributed by atoms with E-state index < -0.39 is 28.9 Å². The molecule has 0 aliphatic heterocycles. The Morgan fingerprint density at radius 2 is 1.88 bits per heavy atom. The number of nitrogens with one attached hydrogen (secondary N) is 2. The normalized spacial score (nSPS) is 14.6. The molecular weight excluding hydrogens is 335 g/mol. The molecule has 0 spiro atoms. The highest BCUT2D eigenvalue weighted by molar-refractivity contribution is 5.97. The number of carbonyl (C=O) groups is 1. The van der Waals surface area contributed by atoms with Crippen LogP contribution in [0.15, 0.2) is 59.4 Å². The summed E-state index contributed by atoms with van der Waals surface area (Å²) in [6.45, 7) is 3.26. The van der Waals surface area contributed by atoms with Crippen molar-refractivity contribution < 1.29 is 14.3 Å². The Labute approximate surface area is 149 Å². The molecule has 134 valence electrons. The van der Waals surface area contributed by atoms with E-state index in [-0.39, 0.29) is 5.56 Å². The highest BCUT2D eigenvalue weighted by atomic mass is 19.1. The van der Waals surface area contributed by atoms with Gasteiger partial charge < -0.3 is 15.4 Å². The van der Waals surface area contributed by atoms with Gasteiger partial charge in [-0.2, -0.15) is 0 Å². The number of carbonyl (C=O) groups excluding carboxylic acids is 1. The van der Waals surface area contributed by atoms with Crippen LogP contribution in [0.4, 0.5) is 4.39 Å². The van der Waals surface area contributed by atoms with Crippen molar-refractivity contribution >= 4 is 16.8 Å². The molecule has 0 saturated heterocycles. The number of rotatable bonds is 4. The van der Waals surface area contributed by atoms with Crippen LogP contribution >= 0.6 is 0 Å². The van der Waals surface area contributed by atoms with Crippen LogP contribution in [0.5, 0.6) is 0 Å². The maximum absolute atomic E-state index is 13.3. The molecule has 2 aromatic carbocycles. The van der Waals surface area contributed by atoms with Gasteiger partial charge >= 0.3 is 0 Å². The van der Waals surface area contributed by atoms with Crippen LogP contribution in [0.25, 0.3) is 10.9 Å². The second kappa shape index (κ2) is 6.72. The summed E-state index contributed by atoms with van der Waals surface area (Å²) in [5.41, 5.74) is -1.07. The Balaban J connectivity index is 1.88. The molecule has 0 aliphatic carbocycles. The second-order valence-electron chi connectivity index (χ2n) is 6.45. The highest BCUT2D eigenvalue weighted by Crippen LogP contribution is 2.24. The molecular formula is C20H19FN2O3. The minimum atomic E-state index is -1.32. The lowest BCUT2D eigenvalue weighted by atomic mass is 9.89. The summed E-state index contributed by atoms with van der Waals surface area (Å²) in [5.74, 6) is -1.08. The van der Waals surface area contributed by atoms with Crippen molar-refractivity contribution in [3.8, 4) is 0 Å². The molecule has 0 aliphatic rings. The van der Waals surface area contributed by atoms with Gasteiger partial charge in [-0.05, 0) is 49.1 Å².